The van der Waals surface area contributed by atoms with Crippen LogP contribution in [0.5, 0.6) is 11.5 Å². The molecule has 6 rings (SSSR count). The number of thiocarbonyl (C=S) groups is 1. The van der Waals surface area contributed by atoms with E-state index in [9.17, 15) is 14.4 Å². The van der Waals surface area contributed by atoms with Gasteiger partial charge in [0.25, 0.3) is 10.7 Å². The third-order valence-electron chi connectivity index (χ3n) is 8.95. The van der Waals surface area contributed by atoms with Gasteiger partial charge in [-0.05, 0) is 59.6 Å². The van der Waals surface area contributed by atoms with Crippen LogP contribution in [0.25, 0.3) is 0 Å². The Kier molecular flexibility index (Phi) is 11.7. The minimum atomic E-state index is -1.07. The Morgan fingerprint density at radius 2 is 1.56 bits per heavy atom. The number of methoxy groups -OCH3 is 2. The molecular formula is C38H38N4O8S2. The van der Waals surface area contributed by atoms with Crippen LogP contribution in [0.3, 0.4) is 0 Å². The predicted octanol–water partition coefficient (Wildman–Crippen LogP) is 5.16. The summed E-state index contributed by atoms with van der Waals surface area (Å²) in [5.41, 5.74) is 0.336. The van der Waals surface area contributed by atoms with Gasteiger partial charge in [0, 0.05) is 43.3 Å². The molecule has 0 bridgehead atoms. The third-order valence-corrected chi connectivity index (χ3v) is 10.2. The summed E-state index contributed by atoms with van der Waals surface area (Å²) in [4.78, 5) is 43.7. The fourth-order valence-electron chi connectivity index (χ4n) is 6.42. The lowest BCUT2D eigenvalue weighted by Crippen LogP contribution is -2.39. The van der Waals surface area contributed by atoms with Crippen molar-refractivity contribution in [1.29, 1.82) is 0 Å². The molecular weight excluding hydrogens is 705 g/mol. The Morgan fingerprint density at radius 3 is 2.12 bits per heavy atom. The van der Waals surface area contributed by atoms with Crippen molar-refractivity contribution in [3.8, 4) is 11.5 Å². The largest absolute Gasteiger partial charge is 0.497 e. The molecule has 0 saturated carbocycles. The molecule has 270 valence electrons. The summed E-state index contributed by atoms with van der Waals surface area (Å²) in [5, 5.41) is 0.00287. The zero-order chi connectivity index (χ0) is 36.7. The maximum Gasteiger partial charge on any atom is 0.330 e. The molecule has 4 atom stereocenters. The molecule has 1 aliphatic heterocycles. The second-order valence-electron chi connectivity index (χ2n) is 12.0. The van der Waals surface area contributed by atoms with Crippen LogP contribution in [-0.4, -0.2) is 68.2 Å². The number of benzene rings is 3. The number of thioether (sulfide) groups is 1. The predicted molar refractivity (Wildman–Crippen MR) is 200 cm³/mol. The molecule has 14 heteroatoms. The number of hydrogen-bond acceptors (Lipinski definition) is 11. The molecule has 1 fully saturated rings. The number of carbonyl (C=O) groups excluding carboxylic acids is 1. The van der Waals surface area contributed by atoms with Crippen molar-refractivity contribution in [2.45, 2.75) is 37.4 Å². The zero-order valence-electron chi connectivity index (χ0n) is 28.7. The fourth-order valence-corrected chi connectivity index (χ4v) is 7.47. The van der Waals surface area contributed by atoms with Gasteiger partial charge in [0.1, 0.15) is 23.4 Å². The van der Waals surface area contributed by atoms with Crippen LogP contribution in [0.2, 0.25) is 0 Å². The second-order valence-corrected chi connectivity index (χ2v) is 13.6. The highest BCUT2D eigenvalue weighted by molar-refractivity contribution is 8.13. The molecule has 2 aromatic heterocycles. The van der Waals surface area contributed by atoms with Gasteiger partial charge in [-0.2, -0.15) is 0 Å². The summed E-state index contributed by atoms with van der Waals surface area (Å²) in [7, 11) is 3.24. The van der Waals surface area contributed by atoms with Crippen LogP contribution in [0.4, 0.5) is 0 Å². The minimum Gasteiger partial charge on any atom is -0.497 e. The van der Waals surface area contributed by atoms with Crippen LogP contribution in [0, 0.1) is 5.92 Å². The highest BCUT2D eigenvalue weighted by Crippen LogP contribution is 2.44. The van der Waals surface area contributed by atoms with E-state index in [0.29, 0.717) is 23.7 Å². The van der Waals surface area contributed by atoms with E-state index in [0.717, 1.165) is 28.5 Å². The maximum atomic E-state index is 13.1. The van der Waals surface area contributed by atoms with Crippen molar-refractivity contribution in [3.05, 3.63) is 147 Å². The van der Waals surface area contributed by atoms with Crippen LogP contribution >= 0.6 is 24.0 Å². The first kappa shape index (κ1) is 36.8. The third kappa shape index (κ3) is 7.89. The van der Waals surface area contributed by atoms with Gasteiger partial charge < -0.3 is 23.7 Å². The van der Waals surface area contributed by atoms with Gasteiger partial charge in [-0.15, -0.1) is 0 Å². The van der Waals surface area contributed by atoms with Gasteiger partial charge in [0.05, 0.1) is 26.9 Å². The Morgan fingerprint density at radius 1 is 0.923 bits per heavy atom. The van der Waals surface area contributed by atoms with Crippen LogP contribution in [-0.2, 0) is 24.6 Å². The smallest absolute Gasteiger partial charge is 0.330 e. The summed E-state index contributed by atoms with van der Waals surface area (Å²) in [6.07, 6.45) is 4.05. The molecule has 0 unspecified atom stereocenters. The topological polar surface area (TPSA) is 136 Å². The average Bonchev–Trinajstić information content (AvgIpc) is 3.82. The van der Waals surface area contributed by atoms with E-state index >= 15 is 0 Å². The molecule has 1 aliphatic rings. The highest BCUT2D eigenvalue weighted by Gasteiger charge is 2.48. The summed E-state index contributed by atoms with van der Waals surface area (Å²) in [5.74, 6) is 1.28. The number of nitrogens with zero attached hydrogens (tertiary/aromatic N) is 3. The highest BCUT2D eigenvalue weighted by atomic mass is 32.2. The molecule has 0 amide bonds. The van der Waals surface area contributed by atoms with Crippen molar-refractivity contribution >= 4 is 34.3 Å². The number of aromatic amines is 1. The zero-order valence-corrected chi connectivity index (χ0v) is 30.4. The molecule has 3 heterocycles. The molecule has 52 heavy (non-hydrogen) atoms. The first-order valence-electron chi connectivity index (χ1n) is 16.5. The first-order chi connectivity index (χ1) is 25.2. The van der Waals surface area contributed by atoms with Crippen LogP contribution in [0.15, 0.2) is 119 Å². The van der Waals surface area contributed by atoms with Gasteiger partial charge in [-0.1, -0.05) is 66.4 Å². The Labute approximate surface area is 309 Å². The molecule has 3 aromatic carbocycles. The molecule has 0 radical (unpaired) electrons. The lowest BCUT2D eigenvalue weighted by molar-refractivity contribution is -0.109. The molecule has 1 saturated heterocycles. The van der Waals surface area contributed by atoms with Gasteiger partial charge >= 0.3 is 5.69 Å². The number of rotatable bonds is 13. The SMILES string of the molecule is COc1ccc(C(OCC[C@H]2O[C@@H](n3ccc(=O)[nH]c3=O)[C@H](OC(=S)n3ccnc3)[C@@H]2CSC(C)=O)(c2ccccc2)c2ccc(OC)cc2)cc1. The van der Waals surface area contributed by atoms with Crippen LogP contribution < -0.4 is 20.7 Å². The number of carbonyl (C=O) groups is 1. The Hall–Kier alpha value is -5.02. The number of ether oxygens (including phenoxy) is 5. The molecule has 12 nitrogen and oxygen atoms in total. The van der Waals surface area contributed by atoms with E-state index in [4.69, 9.17) is 35.9 Å². The van der Waals surface area contributed by atoms with E-state index in [1.807, 2.05) is 78.9 Å². The van der Waals surface area contributed by atoms with Gasteiger partial charge in [-0.25, -0.2) is 9.78 Å². The summed E-state index contributed by atoms with van der Waals surface area (Å²) < 4.78 is 33.9. The standard InChI is InChI=1S/C38H38N4O8S2/c1-25(43)52-23-31-32(49-35(42-20-17-33(44)40-36(42)45)34(31)50-37(51)41-21-19-39-24-41)18-22-48-38(26-7-5-4-6-8-26,27-9-13-29(46-2)14-10-27)28-11-15-30(47-3)16-12-28/h4-17,19-21,24,31-32,34-35H,18,22-23H2,1-3H3,(H,40,44,45)/t31-,32-,34-,35-/m1/s1. The van der Waals surface area contributed by atoms with Crippen molar-refractivity contribution in [1.82, 2.24) is 19.1 Å². The lowest BCUT2D eigenvalue weighted by atomic mass is 9.80. The number of nitrogens with one attached hydrogen (secondary N) is 1. The number of H-pyrrole nitrogens is 1. The molecule has 0 spiro atoms. The Balaban J connectivity index is 1.38. The van der Waals surface area contributed by atoms with Crippen molar-refractivity contribution in [3.63, 3.8) is 0 Å². The van der Waals surface area contributed by atoms with Crippen molar-refractivity contribution in [2.75, 3.05) is 26.6 Å². The Bertz CT molecular complexity index is 2020. The lowest BCUT2D eigenvalue weighted by Gasteiger charge is -2.36. The van der Waals surface area contributed by atoms with Crippen LogP contribution in [0.1, 0.15) is 36.3 Å². The van der Waals surface area contributed by atoms with Gasteiger partial charge in [0.15, 0.2) is 17.4 Å². The quantitative estimate of drug-likeness (QED) is 0.127. The maximum absolute atomic E-state index is 13.1. The fraction of sp³-hybridized carbons (Fsp3) is 0.289. The number of hydrogen-bond donors (Lipinski definition) is 1. The second kappa shape index (κ2) is 16.5. The van der Waals surface area contributed by atoms with E-state index in [2.05, 4.69) is 9.97 Å². The molecule has 1 N–H and O–H groups in total. The van der Waals surface area contributed by atoms with E-state index < -0.39 is 41.2 Å². The molecule has 5 aromatic rings. The van der Waals surface area contributed by atoms with Crippen molar-refractivity contribution < 1.29 is 28.5 Å². The van der Waals surface area contributed by atoms with Crippen molar-refractivity contribution in [2.24, 2.45) is 5.92 Å². The monoisotopic (exact) mass is 742 g/mol. The minimum absolute atomic E-state index is 0.0855. The van der Waals surface area contributed by atoms with E-state index in [1.165, 1.54) is 34.6 Å². The number of imidazole rings is 1. The normalized spacial score (nSPS) is 18.5. The van der Waals surface area contributed by atoms with Gasteiger partial charge in [-0.3, -0.25) is 23.7 Å². The number of aromatic nitrogens is 4. The summed E-state index contributed by atoms with van der Waals surface area (Å²) >= 11 is 6.74. The molecule has 0 aliphatic carbocycles. The van der Waals surface area contributed by atoms with E-state index in [-0.39, 0.29) is 16.9 Å². The average molecular weight is 743 g/mol. The summed E-state index contributed by atoms with van der Waals surface area (Å²) in [6, 6.07) is 26.7. The van der Waals surface area contributed by atoms with E-state index in [1.54, 1.807) is 26.6 Å². The first-order valence-corrected chi connectivity index (χ1v) is 17.9. The summed E-state index contributed by atoms with van der Waals surface area (Å²) in [6.45, 7) is 1.68. The van der Waals surface area contributed by atoms with Gasteiger partial charge in [0.2, 0.25) is 0 Å².